The molecule has 0 atom stereocenters. The summed E-state index contributed by atoms with van der Waals surface area (Å²) >= 11 is 0. The van der Waals surface area contributed by atoms with Crippen LogP contribution >= 0.6 is 0 Å². The number of hydrogen-bond donors (Lipinski definition) is 2. The molecule has 1 aliphatic heterocycles. The molecule has 1 aliphatic rings. The fourth-order valence-corrected chi connectivity index (χ4v) is 4.32. The van der Waals surface area contributed by atoms with Gasteiger partial charge in [-0.2, -0.15) is 5.10 Å². The zero-order chi connectivity index (χ0) is 25.8. The third-order valence-corrected chi connectivity index (χ3v) is 6.35. The van der Waals surface area contributed by atoms with Crippen molar-refractivity contribution in [1.82, 2.24) is 25.0 Å². The van der Waals surface area contributed by atoms with Crippen molar-refractivity contribution in [1.29, 1.82) is 0 Å². The Labute approximate surface area is 209 Å². The van der Waals surface area contributed by atoms with Crippen molar-refractivity contribution in [3.63, 3.8) is 0 Å². The van der Waals surface area contributed by atoms with Gasteiger partial charge in [-0.3, -0.25) is 19.5 Å². The van der Waals surface area contributed by atoms with Crippen molar-refractivity contribution < 1.29 is 19.1 Å². The quantitative estimate of drug-likeness (QED) is 0.522. The van der Waals surface area contributed by atoms with Gasteiger partial charge in [-0.1, -0.05) is 26.0 Å². The Bertz CT molecular complexity index is 1330. The minimum Gasteiger partial charge on any atom is -0.497 e. The zero-order valence-electron chi connectivity index (χ0n) is 21.0. The van der Waals surface area contributed by atoms with Crippen LogP contribution < -0.4 is 20.3 Å². The maximum atomic E-state index is 13.3. The average Bonchev–Trinajstić information content (AvgIpc) is 3.28. The number of fused-ring (bicyclic) bond motifs is 1. The second-order valence-corrected chi connectivity index (χ2v) is 8.96. The lowest BCUT2D eigenvalue weighted by Crippen LogP contribution is -2.34. The number of benzene rings is 1. The van der Waals surface area contributed by atoms with Gasteiger partial charge in [0.05, 0.1) is 14.2 Å². The predicted octanol–water partition coefficient (Wildman–Crippen LogP) is 2.34. The highest BCUT2D eigenvalue weighted by molar-refractivity contribution is 5.98. The molecule has 2 amide bonds. The number of rotatable bonds is 7. The van der Waals surface area contributed by atoms with Gasteiger partial charge < -0.3 is 24.3 Å². The molecular formula is C26H31N5O5. The van der Waals surface area contributed by atoms with Gasteiger partial charge in [-0.25, -0.2) is 0 Å². The second-order valence-electron chi connectivity index (χ2n) is 8.96. The average molecular weight is 494 g/mol. The van der Waals surface area contributed by atoms with Crippen molar-refractivity contribution >= 4 is 11.8 Å². The molecule has 0 bridgehead atoms. The standard InChI is InChI=1S/C26H31N5O5/c1-16(2)19-13-20(29-28-19)26(34)30-9-8-21-24(22(36-4)14-23(32)31(21)11-10-30)25(33)27-15-17-6-5-7-18(12-17)35-3/h5-7,12-14,16H,8-11,15H2,1-4H3,(H,27,33)(H,28,29). The molecule has 3 aromatic rings. The number of hydrogen-bond acceptors (Lipinski definition) is 6. The summed E-state index contributed by atoms with van der Waals surface area (Å²) in [6.07, 6.45) is 0.321. The number of pyridine rings is 1. The van der Waals surface area contributed by atoms with E-state index in [1.54, 1.807) is 22.6 Å². The van der Waals surface area contributed by atoms with Gasteiger partial charge in [-0.05, 0) is 29.7 Å². The first kappa shape index (κ1) is 25.0. The summed E-state index contributed by atoms with van der Waals surface area (Å²) in [5.74, 6) is 0.559. The van der Waals surface area contributed by atoms with Crippen molar-refractivity contribution in [2.45, 2.75) is 39.3 Å². The number of aromatic nitrogens is 3. The van der Waals surface area contributed by atoms with E-state index in [0.717, 1.165) is 11.3 Å². The van der Waals surface area contributed by atoms with Gasteiger partial charge in [0.2, 0.25) is 0 Å². The summed E-state index contributed by atoms with van der Waals surface area (Å²) in [5.41, 5.74) is 2.66. The molecule has 0 spiro atoms. The van der Waals surface area contributed by atoms with Crippen LogP contribution in [0.25, 0.3) is 0 Å². The van der Waals surface area contributed by atoms with Gasteiger partial charge in [-0.15, -0.1) is 0 Å². The number of carbonyl (C=O) groups is 2. The molecule has 10 heteroatoms. The van der Waals surface area contributed by atoms with Crippen molar-refractivity contribution in [3.05, 3.63) is 75.0 Å². The summed E-state index contributed by atoms with van der Waals surface area (Å²) in [6.45, 7) is 5.25. The van der Waals surface area contributed by atoms with Crippen LogP contribution in [0, 0.1) is 0 Å². The molecule has 0 aliphatic carbocycles. The normalized spacial score (nSPS) is 13.2. The first-order valence-electron chi connectivity index (χ1n) is 11.9. The predicted molar refractivity (Wildman–Crippen MR) is 134 cm³/mol. The molecule has 4 rings (SSSR count). The molecule has 0 unspecified atom stereocenters. The number of nitrogens with zero attached hydrogens (tertiary/aromatic N) is 3. The van der Waals surface area contributed by atoms with Gasteiger partial charge >= 0.3 is 0 Å². The molecule has 190 valence electrons. The molecule has 3 heterocycles. The maximum absolute atomic E-state index is 13.3. The summed E-state index contributed by atoms with van der Waals surface area (Å²) in [6, 6.07) is 10.5. The number of nitrogens with one attached hydrogen (secondary N) is 2. The highest BCUT2D eigenvalue weighted by Crippen LogP contribution is 2.24. The Kier molecular flexibility index (Phi) is 7.42. The van der Waals surface area contributed by atoms with Crippen LogP contribution in [0.4, 0.5) is 0 Å². The van der Waals surface area contributed by atoms with Gasteiger partial charge in [0.15, 0.2) is 0 Å². The van der Waals surface area contributed by atoms with E-state index in [2.05, 4.69) is 15.5 Å². The van der Waals surface area contributed by atoms with Gasteiger partial charge in [0.1, 0.15) is 22.8 Å². The van der Waals surface area contributed by atoms with Crippen LogP contribution in [0.1, 0.15) is 57.6 Å². The smallest absolute Gasteiger partial charge is 0.274 e. The van der Waals surface area contributed by atoms with E-state index in [1.807, 2.05) is 38.1 Å². The number of H-pyrrole nitrogens is 1. The molecule has 0 saturated carbocycles. The minimum absolute atomic E-state index is 0.211. The molecule has 0 saturated heterocycles. The van der Waals surface area contributed by atoms with Crippen LogP contribution in [0.5, 0.6) is 11.5 Å². The second kappa shape index (κ2) is 10.7. The van der Waals surface area contributed by atoms with Crippen molar-refractivity contribution in [2.75, 3.05) is 27.3 Å². The van der Waals surface area contributed by atoms with Gasteiger partial charge in [0, 0.05) is 50.1 Å². The molecule has 2 N–H and O–H groups in total. The molecule has 0 fully saturated rings. The Hall–Kier alpha value is -4.08. The lowest BCUT2D eigenvalue weighted by molar-refractivity contribution is 0.0753. The maximum Gasteiger partial charge on any atom is 0.274 e. The van der Waals surface area contributed by atoms with E-state index < -0.39 is 0 Å². The Morgan fingerprint density at radius 2 is 1.92 bits per heavy atom. The zero-order valence-corrected chi connectivity index (χ0v) is 21.0. The first-order valence-corrected chi connectivity index (χ1v) is 11.9. The fraction of sp³-hybridized carbons (Fsp3) is 0.385. The highest BCUT2D eigenvalue weighted by atomic mass is 16.5. The summed E-state index contributed by atoms with van der Waals surface area (Å²) in [5, 5.41) is 10.0. The van der Waals surface area contributed by atoms with Crippen molar-refractivity contribution in [2.24, 2.45) is 0 Å². The monoisotopic (exact) mass is 493 g/mol. The highest BCUT2D eigenvalue weighted by Gasteiger charge is 2.28. The number of amides is 2. The lowest BCUT2D eigenvalue weighted by atomic mass is 10.1. The third-order valence-electron chi connectivity index (χ3n) is 6.35. The minimum atomic E-state index is -0.355. The lowest BCUT2D eigenvalue weighted by Gasteiger charge is -2.18. The van der Waals surface area contributed by atoms with E-state index in [0.29, 0.717) is 42.2 Å². The molecule has 1 aromatic carbocycles. The van der Waals surface area contributed by atoms with Crippen LogP contribution in [0.3, 0.4) is 0 Å². The van der Waals surface area contributed by atoms with Crippen LogP contribution in [-0.4, -0.2) is 58.8 Å². The Morgan fingerprint density at radius 1 is 1.11 bits per heavy atom. The van der Waals surface area contributed by atoms with E-state index in [9.17, 15) is 14.4 Å². The topological polar surface area (TPSA) is 119 Å². The molecular weight excluding hydrogens is 462 g/mol. The van der Waals surface area contributed by atoms with Crippen LogP contribution in [0.2, 0.25) is 0 Å². The van der Waals surface area contributed by atoms with Crippen molar-refractivity contribution in [3.8, 4) is 11.5 Å². The van der Waals surface area contributed by atoms with Gasteiger partial charge in [0.25, 0.3) is 17.4 Å². The number of carbonyl (C=O) groups excluding carboxylic acids is 2. The SMILES string of the molecule is COc1cccc(CNC(=O)c2c(OC)cc(=O)n3c2CCN(C(=O)c2cc(C(C)C)[nH]n2)CC3)c1. The van der Waals surface area contributed by atoms with E-state index in [1.165, 1.54) is 13.2 Å². The molecule has 0 radical (unpaired) electrons. The van der Waals surface area contributed by atoms with E-state index in [-0.39, 0.29) is 42.1 Å². The first-order chi connectivity index (χ1) is 17.3. The summed E-state index contributed by atoms with van der Waals surface area (Å²) in [7, 11) is 3.02. The Balaban J connectivity index is 1.57. The third kappa shape index (κ3) is 5.12. The Morgan fingerprint density at radius 3 is 2.61 bits per heavy atom. The van der Waals surface area contributed by atoms with E-state index in [4.69, 9.17) is 9.47 Å². The largest absolute Gasteiger partial charge is 0.497 e. The fourth-order valence-electron chi connectivity index (χ4n) is 4.32. The number of ether oxygens (including phenoxy) is 2. The van der Waals surface area contributed by atoms with E-state index >= 15 is 0 Å². The van der Waals surface area contributed by atoms with Crippen LogP contribution in [-0.2, 0) is 19.5 Å². The summed E-state index contributed by atoms with van der Waals surface area (Å²) < 4.78 is 12.2. The summed E-state index contributed by atoms with van der Waals surface area (Å²) in [4.78, 5) is 41.0. The molecule has 36 heavy (non-hydrogen) atoms. The number of aromatic amines is 1. The van der Waals surface area contributed by atoms with Crippen LogP contribution in [0.15, 0.2) is 41.2 Å². The molecule has 2 aromatic heterocycles. The molecule has 10 nitrogen and oxygen atoms in total. The number of methoxy groups -OCH3 is 2.